The highest BCUT2D eigenvalue weighted by molar-refractivity contribution is 6.03. The topological polar surface area (TPSA) is 101 Å². The average molecular weight is 440 g/mol. The Bertz CT molecular complexity index is 1070. The third-order valence-corrected chi connectivity index (χ3v) is 5.45. The highest BCUT2D eigenvalue weighted by Crippen LogP contribution is 2.36. The minimum absolute atomic E-state index is 0.00696. The van der Waals surface area contributed by atoms with E-state index in [1.165, 1.54) is 31.3 Å². The number of aliphatic hydroxyl groups excluding tert-OH is 1. The van der Waals surface area contributed by atoms with Crippen molar-refractivity contribution < 1.29 is 18.7 Å². The van der Waals surface area contributed by atoms with Gasteiger partial charge in [-0.2, -0.15) is 0 Å². The second-order valence-electron chi connectivity index (χ2n) is 7.43. The van der Waals surface area contributed by atoms with Crippen LogP contribution in [0, 0.1) is 11.6 Å². The molecular weight excluding hydrogens is 414 g/mol. The van der Waals surface area contributed by atoms with Crippen molar-refractivity contribution in [2.45, 2.75) is 37.7 Å². The smallest absolute Gasteiger partial charge is 0.274 e. The number of carbonyl (C=O) groups is 1. The molecule has 1 fully saturated rings. The van der Waals surface area contributed by atoms with Crippen molar-refractivity contribution >= 4 is 11.6 Å². The fourth-order valence-electron chi connectivity index (χ4n) is 3.85. The second kappa shape index (κ2) is 10.9. The molecule has 6 nitrogen and oxygen atoms in total. The van der Waals surface area contributed by atoms with Gasteiger partial charge in [0, 0.05) is 11.8 Å². The predicted octanol–water partition coefficient (Wildman–Crippen LogP) is 4.27. The maximum absolute atomic E-state index is 14.3. The van der Waals surface area contributed by atoms with Gasteiger partial charge in [-0.1, -0.05) is 12.1 Å². The van der Waals surface area contributed by atoms with Crippen LogP contribution in [0.2, 0.25) is 0 Å². The largest absolute Gasteiger partial charge is 0.393 e. The minimum atomic E-state index is -0.709. The molecule has 4 N–H and O–H groups in total. The number of anilines is 1. The van der Waals surface area contributed by atoms with Crippen LogP contribution in [0.5, 0.6) is 0 Å². The first kappa shape index (κ1) is 23.4. The summed E-state index contributed by atoms with van der Waals surface area (Å²) in [6.07, 6.45) is 6.03. The van der Waals surface area contributed by atoms with Gasteiger partial charge in [-0.25, -0.2) is 13.8 Å². The molecule has 0 unspecified atom stereocenters. The van der Waals surface area contributed by atoms with E-state index in [0.29, 0.717) is 18.5 Å². The van der Waals surface area contributed by atoms with E-state index in [0.717, 1.165) is 24.5 Å². The average Bonchev–Trinajstić information content (AvgIpc) is 2.82. The number of rotatable bonds is 4. The molecular formula is C24H26F2N4O2. The number of benzene rings is 1. The predicted molar refractivity (Wildman–Crippen MR) is 119 cm³/mol. The summed E-state index contributed by atoms with van der Waals surface area (Å²) < 4.78 is 28.4. The number of aromatic nitrogens is 2. The van der Waals surface area contributed by atoms with Crippen molar-refractivity contribution in [3.05, 3.63) is 77.8 Å². The number of hydrogen-bond donors (Lipinski definition) is 3. The van der Waals surface area contributed by atoms with Crippen molar-refractivity contribution in [3.8, 4) is 11.3 Å². The molecule has 32 heavy (non-hydrogen) atoms. The number of amides is 1. The van der Waals surface area contributed by atoms with Gasteiger partial charge in [0.05, 0.1) is 18.0 Å². The van der Waals surface area contributed by atoms with Crippen LogP contribution in [0.1, 0.15) is 47.7 Å². The Kier molecular flexibility index (Phi) is 7.97. The summed E-state index contributed by atoms with van der Waals surface area (Å²) in [6, 6.07) is 9.95. The summed E-state index contributed by atoms with van der Waals surface area (Å²) >= 11 is 0. The summed E-state index contributed by atoms with van der Waals surface area (Å²) in [5, 5.41) is 12.6. The minimum Gasteiger partial charge on any atom is -0.393 e. The molecule has 0 saturated heterocycles. The fourth-order valence-corrected chi connectivity index (χ4v) is 3.85. The van der Waals surface area contributed by atoms with Gasteiger partial charge in [-0.15, -0.1) is 0 Å². The van der Waals surface area contributed by atoms with E-state index in [1.807, 2.05) is 6.07 Å². The summed E-state index contributed by atoms with van der Waals surface area (Å²) in [6.45, 7) is 0. The number of aliphatic hydroxyl groups is 1. The molecule has 3 aromatic rings. The normalized spacial score (nSPS) is 17.8. The highest BCUT2D eigenvalue weighted by atomic mass is 19.1. The van der Waals surface area contributed by atoms with Crippen LogP contribution >= 0.6 is 0 Å². The Morgan fingerprint density at radius 2 is 1.75 bits per heavy atom. The number of carbonyl (C=O) groups excluding carboxylic acids is 1. The lowest BCUT2D eigenvalue weighted by molar-refractivity contribution is 0.102. The van der Waals surface area contributed by atoms with Gasteiger partial charge in [0.2, 0.25) is 0 Å². The molecule has 0 bridgehead atoms. The molecule has 4 rings (SSSR count). The van der Waals surface area contributed by atoms with E-state index in [9.17, 15) is 18.7 Å². The van der Waals surface area contributed by atoms with E-state index >= 15 is 0 Å². The van der Waals surface area contributed by atoms with Crippen LogP contribution in [0.25, 0.3) is 11.3 Å². The molecule has 1 amide bonds. The number of nitrogens with two attached hydrogens (primary N) is 1. The van der Waals surface area contributed by atoms with Crippen LogP contribution in [0.15, 0.2) is 54.9 Å². The molecule has 168 valence electrons. The number of nitrogens with one attached hydrogen (secondary N) is 1. The van der Waals surface area contributed by atoms with Gasteiger partial charge in [0.25, 0.3) is 5.91 Å². The molecule has 2 aromatic heterocycles. The first-order valence-corrected chi connectivity index (χ1v) is 10.5. The third kappa shape index (κ3) is 5.33. The second-order valence-corrected chi connectivity index (χ2v) is 7.43. The number of hydrogen-bond acceptors (Lipinski definition) is 5. The number of pyridine rings is 2. The maximum Gasteiger partial charge on any atom is 0.274 e. The van der Waals surface area contributed by atoms with Crippen molar-refractivity contribution in [2.75, 3.05) is 12.4 Å². The van der Waals surface area contributed by atoms with Gasteiger partial charge in [-0.05, 0) is 74.5 Å². The summed E-state index contributed by atoms with van der Waals surface area (Å²) in [5.41, 5.74) is 5.76. The SMILES string of the molecule is CN.O=C(Nc1cnccc1C1CCC(O)CC1)c1ccc(F)c(-c2ccccc2F)n1. The van der Waals surface area contributed by atoms with Crippen molar-refractivity contribution in [2.24, 2.45) is 5.73 Å². The fraction of sp³-hybridized carbons (Fsp3) is 0.292. The van der Waals surface area contributed by atoms with Gasteiger partial charge in [0.15, 0.2) is 0 Å². The van der Waals surface area contributed by atoms with E-state index < -0.39 is 17.5 Å². The van der Waals surface area contributed by atoms with Gasteiger partial charge in [0.1, 0.15) is 23.0 Å². The molecule has 0 aliphatic heterocycles. The molecule has 1 aliphatic rings. The number of nitrogens with zero attached hydrogens (tertiary/aromatic N) is 2. The van der Waals surface area contributed by atoms with Crippen molar-refractivity contribution in [3.63, 3.8) is 0 Å². The van der Waals surface area contributed by atoms with Gasteiger partial charge >= 0.3 is 0 Å². The first-order valence-electron chi connectivity index (χ1n) is 10.5. The Balaban J connectivity index is 0.00000141. The molecule has 1 aromatic carbocycles. The molecule has 2 heterocycles. The Morgan fingerprint density at radius 3 is 2.47 bits per heavy atom. The van der Waals surface area contributed by atoms with E-state index in [2.05, 4.69) is 21.0 Å². The summed E-state index contributed by atoms with van der Waals surface area (Å²) in [7, 11) is 1.50. The molecule has 0 atom stereocenters. The zero-order chi connectivity index (χ0) is 23.1. The molecule has 8 heteroatoms. The summed E-state index contributed by atoms with van der Waals surface area (Å²) in [4.78, 5) is 21.0. The standard InChI is InChI=1S/C23H21F2N3O2.CH5N/c24-18-4-2-1-3-17(18)22-19(25)9-10-20(27-22)23(30)28-21-13-26-12-11-16(21)14-5-7-15(29)8-6-14;1-2/h1-4,9-15,29H,5-8H2,(H,28,30);2H2,1H3. The Labute approximate surface area is 185 Å². The Morgan fingerprint density at radius 1 is 1.03 bits per heavy atom. The van der Waals surface area contributed by atoms with Crippen LogP contribution < -0.4 is 11.1 Å². The molecule has 1 saturated carbocycles. The Hall–Kier alpha value is -3.23. The van der Waals surface area contributed by atoms with Gasteiger partial charge in [-0.3, -0.25) is 9.78 Å². The van der Waals surface area contributed by atoms with E-state index in [1.54, 1.807) is 18.5 Å². The zero-order valence-corrected chi connectivity index (χ0v) is 17.8. The monoisotopic (exact) mass is 440 g/mol. The lowest BCUT2D eigenvalue weighted by Gasteiger charge is -2.27. The van der Waals surface area contributed by atoms with Crippen LogP contribution in [0.3, 0.4) is 0 Å². The zero-order valence-electron chi connectivity index (χ0n) is 17.8. The quantitative estimate of drug-likeness (QED) is 0.563. The van der Waals surface area contributed by atoms with Gasteiger partial charge < -0.3 is 16.2 Å². The highest BCUT2D eigenvalue weighted by Gasteiger charge is 2.24. The molecule has 1 aliphatic carbocycles. The lowest BCUT2D eigenvalue weighted by atomic mass is 9.82. The molecule has 0 radical (unpaired) electrons. The first-order chi connectivity index (χ1) is 15.5. The summed E-state index contributed by atoms with van der Waals surface area (Å²) in [5.74, 6) is -1.64. The molecule has 0 spiro atoms. The number of halogens is 2. The lowest BCUT2D eigenvalue weighted by Crippen LogP contribution is -2.20. The maximum atomic E-state index is 14.3. The van der Waals surface area contributed by atoms with E-state index in [-0.39, 0.29) is 29.0 Å². The van der Waals surface area contributed by atoms with Crippen molar-refractivity contribution in [1.29, 1.82) is 0 Å². The third-order valence-electron chi connectivity index (χ3n) is 5.45. The van der Waals surface area contributed by atoms with E-state index in [4.69, 9.17) is 0 Å². The van der Waals surface area contributed by atoms with Crippen LogP contribution in [-0.2, 0) is 0 Å². The van der Waals surface area contributed by atoms with Crippen LogP contribution in [-0.4, -0.2) is 34.1 Å². The van der Waals surface area contributed by atoms with Crippen LogP contribution in [0.4, 0.5) is 14.5 Å². The van der Waals surface area contributed by atoms with Crippen molar-refractivity contribution in [1.82, 2.24) is 9.97 Å².